The van der Waals surface area contributed by atoms with Gasteiger partial charge < -0.3 is 5.32 Å². The molecule has 1 fully saturated rings. The lowest BCUT2D eigenvalue weighted by Gasteiger charge is -2.28. The Labute approximate surface area is 154 Å². The number of carbonyl (C=O) groups excluding carboxylic acids is 1. The molecule has 0 aromatic carbocycles. The molecule has 6 nitrogen and oxygen atoms in total. The highest BCUT2D eigenvalue weighted by atomic mass is 16.2. The second kappa shape index (κ2) is 9.17. The van der Waals surface area contributed by atoms with Crippen molar-refractivity contribution in [1.82, 2.24) is 24.9 Å². The van der Waals surface area contributed by atoms with Crippen molar-refractivity contribution < 1.29 is 4.79 Å². The van der Waals surface area contributed by atoms with Gasteiger partial charge in [0.15, 0.2) is 5.69 Å². The topological polar surface area (TPSA) is 64.7 Å². The first-order valence-corrected chi connectivity index (χ1v) is 9.39. The van der Waals surface area contributed by atoms with Gasteiger partial charge in [-0.3, -0.25) is 9.48 Å². The van der Waals surface area contributed by atoms with Crippen molar-refractivity contribution >= 4 is 12.1 Å². The van der Waals surface area contributed by atoms with E-state index in [4.69, 9.17) is 0 Å². The predicted molar refractivity (Wildman–Crippen MR) is 102 cm³/mol. The summed E-state index contributed by atoms with van der Waals surface area (Å²) in [5.41, 5.74) is 0.456. The van der Waals surface area contributed by atoms with E-state index in [9.17, 15) is 4.79 Å². The van der Waals surface area contributed by atoms with Crippen molar-refractivity contribution in [2.45, 2.75) is 51.6 Å². The van der Waals surface area contributed by atoms with Crippen LogP contribution in [0.2, 0.25) is 0 Å². The third-order valence-corrected chi connectivity index (χ3v) is 4.89. The molecule has 6 heteroatoms. The Morgan fingerprint density at radius 1 is 1.31 bits per heavy atom. The lowest BCUT2D eigenvalue weighted by Crippen LogP contribution is -2.39. The van der Waals surface area contributed by atoms with Gasteiger partial charge in [0.1, 0.15) is 0 Å². The van der Waals surface area contributed by atoms with E-state index >= 15 is 0 Å². The Kier molecular flexibility index (Phi) is 6.41. The largest absolute Gasteiger partial charge is 0.348 e. The lowest BCUT2D eigenvalue weighted by atomic mass is 9.84. The summed E-state index contributed by atoms with van der Waals surface area (Å²) < 4.78 is 3.49. The Bertz CT molecular complexity index is 738. The summed E-state index contributed by atoms with van der Waals surface area (Å²) in [7, 11) is 0. The number of carbonyl (C=O) groups is 1. The molecule has 1 saturated carbocycles. The van der Waals surface area contributed by atoms with Crippen LogP contribution in [0.1, 0.15) is 49.5 Å². The molecule has 1 atom stereocenters. The van der Waals surface area contributed by atoms with E-state index in [1.54, 1.807) is 23.1 Å². The fraction of sp³-hybridized carbons (Fsp3) is 0.450. The fourth-order valence-electron chi connectivity index (χ4n) is 3.37. The molecule has 0 unspecified atom stereocenters. The number of rotatable bonds is 7. The highest BCUT2D eigenvalue weighted by Gasteiger charge is 2.22. The van der Waals surface area contributed by atoms with Gasteiger partial charge >= 0.3 is 0 Å². The molecule has 0 spiro atoms. The van der Waals surface area contributed by atoms with Crippen molar-refractivity contribution in [2.75, 3.05) is 0 Å². The minimum Gasteiger partial charge on any atom is -0.348 e. The van der Waals surface area contributed by atoms with Gasteiger partial charge in [-0.2, -0.15) is 10.2 Å². The quantitative estimate of drug-likeness (QED) is 0.775. The monoisotopic (exact) mass is 353 g/mol. The number of nitrogens with one attached hydrogen (secondary N) is 1. The van der Waals surface area contributed by atoms with Gasteiger partial charge in [0.05, 0.1) is 6.54 Å². The molecule has 0 saturated heterocycles. The Morgan fingerprint density at radius 3 is 2.92 bits per heavy atom. The predicted octanol–water partition coefficient (Wildman–Crippen LogP) is 3.51. The summed E-state index contributed by atoms with van der Waals surface area (Å²) in [6.07, 6.45) is 19.4. The van der Waals surface area contributed by atoms with Gasteiger partial charge in [-0.1, -0.05) is 31.4 Å². The van der Waals surface area contributed by atoms with E-state index in [0.29, 0.717) is 11.6 Å². The van der Waals surface area contributed by atoms with Crippen molar-refractivity contribution in [2.24, 2.45) is 5.92 Å². The molecule has 138 valence electrons. The molecular formula is C20H27N5O. The van der Waals surface area contributed by atoms with Crippen LogP contribution in [0.5, 0.6) is 0 Å². The summed E-state index contributed by atoms with van der Waals surface area (Å²) in [6.45, 7) is 2.83. The van der Waals surface area contributed by atoms with Crippen molar-refractivity contribution in [3.05, 3.63) is 54.6 Å². The minimum atomic E-state index is -0.0931. The summed E-state index contributed by atoms with van der Waals surface area (Å²) in [5, 5.41) is 11.6. The van der Waals surface area contributed by atoms with Gasteiger partial charge in [-0.05, 0) is 43.9 Å². The van der Waals surface area contributed by atoms with Crippen LogP contribution in [0.4, 0.5) is 0 Å². The van der Waals surface area contributed by atoms with Crippen LogP contribution in [-0.4, -0.2) is 31.5 Å². The standard InChI is InChI=1S/C20H27N5O/c1-17(18-9-4-2-5-10-18)22-20(26)19-11-16-25(23-19)14-7-3-6-13-24-15-8-12-21-24/h3,6-8,11-12,14-18H,2,4-5,9-10,13H2,1H3,(H,22,26)/b6-3+,14-7+/t17-/m1/s1. The molecule has 0 bridgehead atoms. The molecule has 0 radical (unpaired) electrons. The highest BCUT2D eigenvalue weighted by Crippen LogP contribution is 2.26. The lowest BCUT2D eigenvalue weighted by molar-refractivity contribution is 0.0914. The number of nitrogens with zero attached hydrogens (tertiary/aromatic N) is 4. The van der Waals surface area contributed by atoms with Gasteiger partial charge in [0, 0.05) is 30.8 Å². The second-order valence-electron chi connectivity index (χ2n) is 6.84. The van der Waals surface area contributed by atoms with E-state index in [-0.39, 0.29) is 11.9 Å². The van der Waals surface area contributed by atoms with Crippen molar-refractivity contribution in [3.63, 3.8) is 0 Å². The van der Waals surface area contributed by atoms with E-state index in [1.165, 1.54) is 32.1 Å². The Morgan fingerprint density at radius 2 is 2.15 bits per heavy atom. The Hall–Kier alpha value is -2.63. The zero-order valence-electron chi connectivity index (χ0n) is 15.3. The van der Waals surface area contributed by atoms with E-state index in [1.807, 2.05) is 41.4 Å². The second-order valence-corrected chi connectivity index (χ2v) is 6.84. The zero-order chi connectivity index (χ0) is 18.2. The number of allylic oxidation sites excluding steroid dienone is 3. The fourth-order valence-corrected chi connectivity index (χ4v) is 3.37. The third-order valence-electron chi connectivity index (χ3n) is 4.89. The summed E-state index contributed by atoms with van der Waals surface area (Å²) in [6, 6.07) is 3.85. The molecule has 26 heavy (non-hydrogen) atoms. The maximum Gasteiger partial charge on any atom is 0.272 e. The summed E-state index contributed by atoms with van der Waals surface area (Å²) in [5.74, 6) is 0.499. The van der Waals surface area contributed by atoms with Crippen LogP contribution >= 0.6 is 0 Å². The average molecular weight is 353 g/mol. The van der Waals surface area contributed by atoms with Crippen LogP contribution in [0.15, 0.2) is 49.0 Å². The van der Waals surface area contributed by atoms with Crippen molar-refractivity contribution in [3.8, 4) is 0 Å². The zero-order valence-corrected chi connectivity index (χ0v) is 15.3. The summed E-state index contributed by atoms with van der Waals surface area (Å²) in [4.78, 5) is 12.4. The first-order chi connectivity index (χ1) is 12.7. The number of aromatic nitrogens is 4. The van der Waals surface area contributed by atoms with Gasteiger partial charge in [-0.15, -0.1) is 0 Å². The van der Waals surface area contributed by atoms with Crippen molar-refractivity contribution in [1.29, 1.82) is 0 Å². The summed E-state index contributed by atoms with van der Waals surface area (Å²) >= 11 is 0. The van der Waals surface area contributed by atoms with Crippen LogP contribution < -0.4 is 5.32 Å². The maximum absolute atomic E-state index is 12.4. The molecule has 1 aliphatic carbocycles. The number of amides is 1. The normalized spacial score (nSPS) is 17.1. The van der Waals surface area contributed by atoms with Gasteiger partial charge in [0.25, 0.3) is 5.91 Å². The Balaban J connectivity index is 1.47. The molecule has 1 N–H and O–H groups in total. The van der Waals surface area contributed by atoms with Crippen LogP contribution in [-0.2, 0) is 6.54 Å². The molecular weight excluding hydrogens is 326 g/mol. The minimum absolute atomic E-state index is 0.0931. The smallest absolute Gasteiger partial charge is 0.272 e. The SMILES string of the molecule is C[C@@H](NC(=O)c1ccn(/C=C/C=C/Cn2cccn2)n1)C1CCCCC1. The molecule has 2 aromatic heterocycles. The van der Waals surface area contributed by atoms with Crippen LogP contribution in [0.25, 0.3) is 6.20 Å². The number of hydrogen-bond acceptors (Lipinski definition) is 3. The molecule has 2 aromatic rings. The van der Waals surface area contributed by atoms with E-state index < -0.39 is 0 Å². The van der Waals surface area contributed by atoms with E-state index in [2.05, 4.69) is 22.4 Å². The third kappa shape index (κ3) is 5.18. The van der Waals surface area contributed by atoms with Gasteiger partial charge in [0.2, 0.25) is 0 Å². The highest BCUT2D eigenvalue weighted by molar-refractivity contribution is 5.92. The first kappa shape index (κ1) is 18.2. The van der Waals surface area contributed by atoms with Gasteiger partial charge in [-0.25, -0.2) is 4.68 Å². The first-order valence-electron chi connectivity index (χ1n) is 9.39. The molecule has 1 amide bonds. The maximum atomic E-state index is 12.4. The molecule has 1 aliphatic rings. The average Bonchev–Trinajstić information content (AvgIpc) is 3.34. The number of hydrogen-bond donors (Lipinski definition) is 1. The molecule has 0 aliphatic heterocycles. The van der Waals surface area contributed by atoms with E-state index in [0.717, 1.165) is 6.54 Å². The van der Waals surface area contributed by atoms with Crippen LogP contribution in [0.3, 0.4) is 0 Å². The van der Waals surface area contributed by atoms with Crippen LogP contribution in [0, 0.1) is 5.92 Å². The molecule has 3 rings (SSSR count). The molecule has 2 heterocycles.